The largest absolute Gasteiger partial charge is 0.301 e. The van der Waals surface area contributed by atoms with Crippen LogP contribution in [-0.4, -0.2) is 25.9 Å². The van der Waals surface area contributed by atoms with Crippen molar-refractivity contribution in [3.05, 3.63) is 33.2 Å². The molecule has 0 saturated carbocycles. The maximum absolute atomic E-state index is 11.3. The first kappa shape index (κ1) is 8.12. The standard InChI is InChI=1S/C7H4BrN2O.Al/c8-5-2-4-10-7(5)6(11)1-3-9-10;/h1,3-4,9H;. The second-order valence-corrected chi connectivity index (χ2v) is 3.86. The monoisotopic (exact) mass is 238 g/mol. The predicted octanol–water partition coefficient (Wildman–Crippen LogP) is 0.184. The summed E-state index contributed by atoms with van der Waals surface area (Å²) >= 11 is 5.90. The van der Waals surface area contributed by atoms with E-state index in [9.17, 15) is 4.79 Å². The van der Waals surface area contributed by atoms with E-state index in [1.165, 1.54) is 6.07 Å². The van der Waals surface area contributed by atoms with E-state index in [2.05, 4.69) is 37.3 Å². The highest BCUT2D eigenvalue weighted by Gasteiger charge is 2.05. The Balaban J connectivity index is 3.07. The zero-order chi connectivity index (χ0) is 8.72. The summed E-state index contributed by atoms with van der Waals surface area (Å²) in [5.41, 5.74) is 0.650. The molecule has 2 radical (unpaired) electrons. The summed E-state index contributed by atoms with van der Waals surface area (Å²) in [6.07, 6.45) is 3.46. The molecule has 0 aliphatic heterocycles. The molecule has 2 aromatic rings. The number of fused-ring (bicyclic) bond motifs is 1. The maximum atomic E-state index is 11.3. The molecule has 2 aromatic heterocycles. The minimum Gasteiger partial charge on any atom is -0.301 e. The van der Waals surface area contributed by atoms with Gasteiger partial charge in [-0.05, 0) is 15.9 Å². The second kappa shape index (κ2) is 2.77. The number of hydrogen-bond acceptors (Lipinski definition) is 1. The van der Waals surface area contributed by atoms with Crippen molar-refractivity contribution in [1.82, 2.24) is 9.61 Å². The molecule has 12 heavy (non-hydrogen) atoms. The molecule has 0 aliphatic rings. The Morgan fingerprint density at radius 2 is 2.33 bits per heavy atom. The molecule has 0 unspecified atom stereocenters. The average Bonchev–Trinajstić information content (AvgIpc) is 2.29. The molecule has 0 spiro atoms. The zero-order valence-electron chi connectivity index (χ0n) is 6.04. The Labute approximate surface area is 84.9 Å². The van der Waals surface area contributed by atoms with Crippen molar-refractivity contribution in [2.45, 2.75) is 0 Å². The molecule has 2 rings (SSSR count). The zero-order valence-corrected chi connectivity index (χ0v) is 8.78. The lowest BCUT2D eigenvalue weighted by atomic mass is 10.4. The topological polar surface area (TPSA) is 37.3 Å². The number of H-pyrrole nitrogens is 1. The molecular formula is C7H4AlBrN2O. The van der Waals surface area contributed by atoms with E-state index in [0.29, 0.717) is 5.52 Å². The first-order valence-electron chi connectivity index (χ1n) is 3.34. The van der Waals surface area contributed by atoms with E-state index in [4.69, 9.17) is 0 Å². The van der Waals surface area contributed by atoms with Crippen LogP contribution in [0.3, 0.4) is 0 Å². The van der Waals surface area contributed by atoms with E-state index in [0.717, 1.165) is 8.90 Å². The minimum absolute atomic E-state index is 0.00863. The predicted molar refractivity (Wildman–Crippen MR) is 51.1 cm³/mol. The van der Waals surface area contributed by atoms with Crippen molar-refractivity contribution in [3.8, 4) is 0 Å². The van der Waals surface area contributed by atoms with Gasteiger partial charge in [0.15, 0.2) is 16.3 Å². The number of aromatic nitrogens is 2. The van der Waals surface area contributed by atoms with Crippen molar-refractivity contribution in [2.24, 2.45) is 0 Å². The molecule has 5 heteroatoms. The molecule has 0 fully saturated rings. The van der Waals surface area contributed by atoms with Gasteiger partial charge in [0.05, 0.1) is 0 Å². The maximum Gasteiger partial charge on any atom is 0.206 e. The van der Waals surface area contributed by atoms with Gasteiger partial charge in [0.1, 0.15) is 5.52 Å². The summed E-state index contributed by atoms with van der Waals surface area (Å²) < 4.78 is 3.48. The molecule has 1 N–H and O–H groups in total. The summed E-state index contributed by atoms with van der Waals surface area (Å²) in [4.78, 5) is 11.3. The van der Waals surface area contributed by atoms with Crippen LogP contribution in [0.4, 0.5) is 0 Å². The number of nitrogens with zero attached hydrogens (tertiary/aromatic N) is 1. The summed E-state index contributed by atoms with van der Waals surface area (Å²) in [5.74, 6) is 0. The van der Waals surface area contributed by atoms with Gasteiger partial charge in [-0.1, -0.05) is 0 Å². The van der Waals surface area contributed by atoms with Crippen molar-refractivity contribution >= 4 is 42.2 Å². The lowest BCUT2D eigenvalue weighted by molar-refractivity contribution is 0.936. The van der Waals surface area contributed by atoms with E-state index < -0.39 is 0 Å². The molecule has 0 aromatic carbocycles. The molecular weight excluding hydrogens is 235 g/mol. The normalized spacial score (nSPS) is 10.8. The van der Waals surface area contributed by atoms with Crippen LogP contribution in [0.1, 0.15) is 0 Å². The van der Waals surface area contributed by atoms with E-state index >= 15 is 0 Å². The minimum atomic E-state index is 0.00863. The first-order chi connectivity index (χ1) is 5.70. The van der Waals surface area contributed by atoms with E-state index in [1.807, 2.05) is 6.20 Å². The second-order valence-electron chi connectivity index (χ2n) is 2.44. The Hall–Kier alpha value is -0.498. The van der Waals surface area contributed by atoms with Crippen LogP contribution in [0.15, 0.2) is 27.7 Å². The molecule has 0 bridgehead atoms. The van der Waals surface area contributed by atoms with Crippen LogP contribution in [0.25, 0.3) is 5.52 Å². The molecule has 0 amide bonds. The number of aromatic amines is 1. The number of hydrogen-bond donors (Lipinski definition) is 1. The summed E-state index contributed by atoms with van der Waals surface area (Å²) in [6, 6.07) is 1.50. The van der Waals surface area contributed by atoms with Gasteiger partial charge in [0, 0.05) is 22.9 Å². The fourth-order valence-electron chi connectivity index (χ4n) is 1.10. The van der Waals surface area contributed by atoms with Crippen molar-refractivity contribution in [2.75, 3.05) is 0 Å². The van der Waals surface area contributed by atoms with Gasteiger partial charge in [-0.3, -0.25) is 9.31 Å². The van der Waals surface area contributed by atoms with Crippen molar-refractivity contribution in [1.29, 1.82) is 0 Å². The fraction of sp³-hybridized carbons (Fsp3) is 0. The summed E-state index contributed by atoms with van der Waals surface area (Å²) in [5, 5.41) is 2.93. The van der Waals surface area contributed by atoms with Gasteiger partial charge in [-0.2, -0.15) is 0 Å². The fourth-order valence-corrected chi connectivity index (χ4v) is 1.88. The molecule has 3 nitrogen and oxygen atoms in total. The van der Waals surface area contributed by atoms with Gasteiger partial charge in [0.25, 0.3) is 0 Å². The highest BCUT2D eigenvalue weighted by molar-refractivity contribution is 9.10. The lowest BCUT2D eigenvalue weighted by Crippen LogP contribution is -2.04. The van der Waals surface area contributed by atoms with Crippen molar-refractivity contribution < 1.29 is 0 Å². The van der Waals surface area contributed by atoms with Gasteiger partial charge < -0.3 is 5.10 Å². The molecule has 58 valence electrons. The van der Waals surface area contributed by atoms with Gasteiger partial charge >= 0.3 is 0 Å². The van der Waals surface area contributed by atoms with Crippen LogP contribution in [0.2, 0.25) is 0 Å². The molecule has 0 atom stereocenters. The quantitative estimate of drug-likeness (QED) is 0.654. The number of nitrogens with one attached hydrogen (secondary N) is 1. The Kier molecular flexibility index (Phi) is 1.87. The summed E-state index contributed by atoms with van der Waals surface area (Å²) in [6.45, 7) is 0. The third-order valence-electron chi connectivity index (χ3n) is 1.65. The SMILES string of the molecule is O=c1cc[nH]n2c[c]([Al])c(Br)c12. The first-order valence-corrected chi connectivity index (χ1v) is 4.71. The van der Waals surface area contributed by atoms with Crippen LogP contribution >= 0.6 is 15.9 Å². The summed E-state index contributed by atoms with van der Waals surface area (Å²) in [7, 11) is 0. The van der Waals surface area contributed by atoms with E-state index in [-0.39, 0.29) is 5.43 Å². The van der Waals surface area contributed by atoms with Gasteiger partial charge in [-0.15, -0.1) is 4.43 Å². The Bertz CT molecular complexity index is 488. The molecule has 2 heterocycles. The number of halogens is 1. The smallest absolute Gasteiger partial charge is 0.206 e. The highest BCUT2D eigenvalue weighted by atomic mass is 79.9. The third kappa shape index (κ3) is 1.06. The van der Waals surface area contributed by atoms with Crippen LogP contribution in [0, 0.1) is 0 Å². The van der Waals surface area contributed by atoms with E-state index in [1.54, 1.807) is 10.7 Å². The average molecular weight is 239 g/mol. The molecule has 0 aliphatic carbocycles. The number of rotatable bonds is 0. The highest BCUT2D eigenvalue weighted by Crippen LogP contribution is 2.10. The Morgan fingerprint density at radius 3 is 3.00 bits per heavy atom. The van der Waals surface area contributed by atoms with Crippen molar-refractivity contribution in [3.63, 3.8) is 0 Å². The third-order valence-corrected chi connectivity index (χ3v) is 3.35. The molecule has 0 saturated heterocycles. The van der Waals surface area contributed by atoms with Gasteiger partial charge in [0.2, 0.25) is 5.43 Å². The van der Waals surface area contributed by atoms with Crippen LogP contribution in [0.5, 0.6) is 0 Å². The Morgan fingerprint density at radius 1 is 1.58 bits per heavy atom. The van der Waals surface area contributed by atoms with Crippen LogP contribution in [-0.2, 0) is 0 Å². The van der Waals surface area contributed by atoms with Crippen LogP contribution < -0.4 is 9.85 Å². The van der Waals surface area contributed by atoms with Gasteiger partial charge in [-0.25, -0.2) is 0 Å². The lowest BCUT2D eigenvalue weighted by Gasteiger charge is -1.91.